The molecule has 1 aliphatic rings. The molecule has 0 saturated heterocycles. The Morgan fingerprint density at radius 1 is 0.710 bits per heavy atom. The summed E-state index contributed by atoms with van der Waals surface area (Å²) in [5.74, 6) is 0. The Labute approximate surface area is 180 Å². The Bertz CT molecular complexity index is 1220. The molecule has 152 valence electrons. The van der Waals surface area contributed by atoms with Gasteiger partial charge in [0.05, 0.1) is 4.92 Å². The van der Waals surface area contributed by atoms with Crippen LogP contribution in [0.3, 0.4) is 0 Å². The summed E-state index contributed by atoms with van der Waals surface area (Å²) in [7, 11) is 0. The summed E-state index contributed by atoms with van der Waals surface area (Å²) in [5.41, 5.74) is 8.16. The van der Waals surface area contributed by atoms with E-state index in [1.807, 2.05) is 6.07 Å². The molecule has 0 unspecified atom stereocenters. The number of benzene rings is 4. The van der Waals surface area contributed by atoms with Crippen LogP contribution in [0.2, 0.25) is 0 Å². The van der Waals surface area contributed by atoms with Gasteiger partial charge in [0.2, 0.25) is 0 Å². The van der Waals surface area contributed by atoms with E-state index in [2.05, 4.69) is 76.9 Å². The maximum absolute atomic E-state index is 10.8. The molecule has 0 radical (unpaired) electrons. The molecule has 0 bridgehead atoms. The van der Waals surface area contributed by atoms with E-state index in [9.17, 15) is 10.1 Å². The van der Waals surface area contributed by atoms with E-state index < -0.39 is 0 Å². The van der Waals surface area contributed by atoms with Crippen molar-refractivity contribution in [2.75, 3.05) is 10.2 Å². The Morgan fingerprint density at radius 2 is 1.35 bits per heavy atom. The van der Waals surface area contributed by atoms with Crippen LogP contribution in [0.1, 0.15) is 11.1 Å². The molecule has 4 aromatic carbocycles. The lowest BCUT2D eigenvalue weighted by molar-refractivity contribution is -0.384. The summed E-state index contributed by atoms with van der Waals surface area (Å²) in [5, 5.41) is 14.2. The maximum Gasteiger partial charge on any atom is 0.269 e. The first-order valence-corrected chi connectivity index (χ1v) is 10.2. The number of non-ortho nitro benzene ring substituents is 1. The summed E-state index contributed by atoms with van der Waals surface area (Å²) in [6.45, 7) is 1.74. The van der Waals surface area contributed by atoms with Gasteiger partial charge in [-0.25, -0.2) is 0 Å². The topological polar surface area (TPSA) is 58.4 Å². The smallest absolute Gasteiger partial charge is 0.269 e. The third-order valence-electron chi connectivity index (χ3n) is 5.64. The highest BCUT2D eigenvalue weighted by atomic mass is 16.6. The SMILES string of the molecule is O=[N+]([O-])c1ccc(Nc2ccc3c(c2)CN(c2ccc(-c4ccccc4)cc2)C3)cc1. The highest BCUT2D eigenvalue weighted by Crippen LogP contribution is 2.32. The minimum Gasteiger partial charge on any atom is -0.363 e. The van der Waals surface area contributed by atoms with E-state index >= 15 is 0 Å². The number of anilines is 3. The molecule has 31 heavy (non-hydrogen) atoms. The number of nitro groups is 1. The molecule has 0 atom stereocenters. The van der Waals surface area contributed by atoms with Crippen molar-refractivity contribution in [3.8, 4) is 11.1 Å². The molecule has 0 spiro atoms. The highest BCUT2D eigenvalue weighted by molar-refractivity contribution is 5.68. The molecule has 0 fully saturated rings. The number of hydrogen-bond acceptors (Lipinski definition) is 4. The van der Waals surface area contributed by atoms with Crippen LogP contribution in [-0.2, 0) is 13.1 Å². The molecule has 1 heterocycles. The van der Waals surface area contributed by atoms with Gasteiger partial charge in [0.25, 0.3) is 5.69 Å². The summed E-state index contributed by atoms with van der Waals surface area (Å²) < 4.78 is 0. The molecule has 1 aliphatic heterocycles. The van der Waals surface area contributed by atoms with Gasteiger partial charge in [0.1, 0.15) is 0 Å². The molecule has 5 rings (SSSR count). The molecule has 1 N–H and O–H groups in total. The average Bonchev–Trinajstić information content (AvgIpc) is 3.24. The first kappa shape index (κ1) is 18.9. The first-order chi connectivity index (χ1) is 15.2. The largest absolute Gasteiger partial charge is 0.363 e. The molecular weight excluding hydrogens is 386 g/mol. The molecule has 5 nitrogen and oxygen atoms in total. The molecule has 0 amide bonds. The van der Waals surface area contributed by atoms with Crippen LogP contribution in [0, 0.1) is 10.1 Å². The van der Waals surface area contributed by atoms with Crippen LogP contribution >= 0.6 is 0 Å². The fourth-order valence-electron chi connectivity index (χ4n) is 3.98. The fourth-order valence-corrected chi connectivity index (χ4v) is 3.98. The second-order valence-electron chi connectivity index (χ2n) is 7.68. The first-order valence-electron chi connectivity index (χ1n) is 10.2. The maximum atomic E-state index is 10.8. The normalized spacial score (nSPS) is 12.5. The van der Waals surface area contributed by atoms with E-state index in [0.717, 1.165) is 24.5 Å². The number of rotatable bonds is 5. The highest BCUT2D eigenvalue weighted by Gasteiger charge is 2.19. The molecule has 4 aromatic rings. The van der Waals surface area contributed by atoms with Crippen molar-refractivity contribution in [2.45, 2.75) is 13.1 Å². The van der Waals surface area contributed by atoms with Crippen molar-refractivity contribution in [3.63, 3.8) is 0 Å². The lowest BCUT2D eigenvalue weighted by atomic mass is 10.1. The van der Waals surface area contributed by atoms with Gasteiger partial charge in [0, 0.05) is 42.3 Å². The molecule has 0 saturated carbocycles. The summed E-state index contributed by atoms with van der Waals surface area (Å²) in [6, 6.07) is 32.0. The van der Waals surface area contributed by atoms with Gasteiger partial charge in [-0.15, -0.1) is 0 Å². The Kier molecular flexibility index (Phi) is 4.84. The van der Waals surface area contributed by atoms with Gasteiger partial charge >= 0.3 is 0 Å². The van der Waals surface area contributed by atoms with E-state index in [1.54, 1.807) is 12.1 Å². The Morgan fingerprint density at radius 3 is 2.06 bits per heavy atom. The van der Waals surface area contributed by atoms with E-state index in [0.29, 0.717) is 0 Å². The lowest BCUT2D eigenvalue weighted by Crippen LogP contribution is -2.14. The Hall–Kier alpha value is -4.12. The van der Waals surface area contributed by atoms with Gasteiger partial charge in [-0.2, -0.15) is 0 Å². The summed E-state index contributed by atoms with van der Waals surface area (Å²) >= 11 is 0. The quantitative estimate of drug-likeness (QED) is 0.302. The minimum atomic E-state index is -0.389. The van der Waals surface area contributed by atoms with Gasteiger partial charge in [-0.05, 0) is 58.7 Å². The fraction of sp³-hybridized carbons (Fsp3) is 0.0769. The lowest BCUT2D eigenvalue weighted by Gasteiger charge is -2.18. The molecule has 0 aliphatic carbocycles. The average molecular weight is 407 g/mol. The minimum absolute atomic E-state index is 0.0911. The number of hydrogen-bond donors (Lipinski definition) is 1. The molecule has 0 aromatic heterocycles. The second kappa shape index (κ2) is 7.95. The Balaban J connectivity index is 1.29. The monoisotopic (exact) mass is 407 g/mol. The van der Waals surface area contributed by atoms with Gasteiger partial charge in [-0.1, -0.05) is 48.5 Å². The van der Waals surface area contributed by atoms with Crippen LogP contribution in [0.5, 0.6) is 0 Å². The summed E-state index contributed by atoms with van der Waals surface area (Å²) in [6.07, 6.45) is 0. The predicted octanol–water partition coefficient (Wildman–Crippen LogP) is 6.53. The zero-order chi connectivity index (χ0) is 21.2. The number of fused-ring (bicyclic) bond motifs is 1. The van der Waals surface area contributed by atoms with Crippen molar-refractivity contribution in [1.29, 1.82) is 0 Å². The van der Waals surface area contributed by atoms with Crippen LogP contribution in [-0.4, -0.2) is 4.92 Å². The second-order valence-corrected chi connectivity index (χ2v) is 7.68. The van der Waals surface area contributed by atoms with Crippen LogP contribution < -0.4 is 10.2 Å². The number of nitrogens with zero attached hydrogens (tertiary/aromatic N) is 2. The van der Waals surface area contributed by atoms with Crippen molar-refractivity contribution in [2.24, 2.45) is 0 Å². The van der Waals surface area contributed by atoms with Gasteiger partial charge in [0.15, 0.2) is 0 Å². The van der Waals surface area contributed by atoms with Crippen LogP contribution in [0.25, 0.3) is 11.1 Å². The zero-order valence-corrected chi connectivity index (χ0v) is 16.9. The number of nitrogens with one attached hydrogen (secondary N) is 1. The van der Waals surface area contributed by atoms with Crippen molar-refractivity contribution in [3.05, 3.63) is 118 Å². The zero-order valence-electron chi connectivity index (χ0n) is 16.9. The predicted molar refractivity (Wildman–Crippen MR) is 125 cm³/mol. The van der Waals surface area contributed by atoms with Gasteiger partial charge in [-0.3, -0.25) is 10.1 Å². The van der Waals surface area contributed by atoms with Crippen molar-refractivity contribution in [1.82, 2.24) is 0 Å². The van der Waals surface area contributed by atoms with E-state index in [-0.39, 0.29) is 10.6 Å². The molecular formula is C26H21N3O2. The standard InChI is InChI=1S/C26H21N3O2/c30-29(31)26-14-10-23(11-15-26)27-24-9-6-21-17-28(18-22(21)16-24)25-12-7-20(8-13-25)19-4-2-1-3-5-19/h1-16,27H,17-18H2. The van der Waals surface area contributed by atoms with E-state index in [4.69, 9.17) is 0 Å². The van der Waals surface area contributed by atoms with Crippen LogP contribution in [0.4, 0.5) is 22.7 Å². The van der Waals surface area contributed by atoms with E-state index in [1.165, 1.54) is 40.1 Å². The van der Waals surface area contributed by atoms with Crippen molar-refractivity contribution >= 4 is 22.7 Å². The van der Waals surface area contributed by atoms with Crippen molar-refractivity contribution < 1.29 is 4.92 Å². The van der Waals surface area contributed by atoms with Crippen LogP contribution in [0.15, 0.2) is 97.1 Å². The molecule has 5 heteroatoms. The third kappa shape index (κ3) is 3.98. The number of nitro benzene ring substituents is 1. The third-order valence-corrected chi connectivity index (χ3v) is 5.64. The van der Waals surface area contributed by atoms with Gasteiger partial charge < -0.3 is 10.2 Å². The summed E-state index contributed by atoms with van der Waals surface area (Å²) in [4.78, 5) is 12.8.